The summed E-state index contributed by atoms with van der Waals surface area (Å²) in [6, 6.07) is 10.8. The van der Waals surface area contributed by atoms with Gasteiger partial charge in [-0.1, -0.05) is 69.4 Å². The summed E-state index contributed by atoms with van der Waals surface area (Å²) in [5.74, 6) is 0. The number of rotatable bonds is 7. The van der Waals surface area contributed by atoms with Crippen molar-refractivity contribution in [3.63, 3.8) is 0 Å². The largest absolute Gasteiger partial charge is 1.00 e. The van der Waals surface area contributed by atoms with E-state index in [2.05, 4.69) is 37.3 Å². The maximum atomic E-state index is 8.52. The summed E-state index contributed by atoms with van der Waals surface area (Å²) in [6.07, 6.45) is 9.60. The van der Waals surface area contributed by atoms with Crippen molar-refractivity contribution in [3.8, 4) is 0 Å². The number of unbranched alkanes of at least 4 members (excludes halogenated alkanes) is 5. The Kier molecular flexibility index (Phi) is 22.4. The van der Waals surface area contributed by atoms with Crippen LogP contribution in [0.2, 0.25) is 0 Å². The Hall–Kier alpha value is 1.09. The first kappa shape index (κ1) is 27.0. The van der Waals surface area contributed by atoms with E-state index in [9.17, 15) is 0 Å². The third kappa shape index (κ3) is 26.3. The van der Waals surface area contributed by atoms with E-state index in [0.29, 0.717) is 0 Å². The molecule has 0 bridgehead atoms. The monoisotopic (exact) mass is 332 g/mol. The fraction of sp³-hybridized carbons (Fsp3) is 0.571. The Balaban J connectivity index is -0.000000405. The molecule has 0 spiro atoms. The molecule has 1 rings (SSSR count). The molecule has 110 valence electrons. The molecule has 0 heterocycles. The zero-order valence-electron chi connectivity index (χ0n) is 13.4. The predicted molar refractivity (Wildman–Crippen MR) is 74.0 cm³/mol. The van der Waals surface area contributed by atoms with Gasteiger partial charge >= 0.3 is 59.1 Å². The molecule has 0 unspecified atom stereocenters. The van der Waals surface area contributed by atoms with Crippen molar-refractivity contribution < 1.29 is 76.6 Å². The Labute approximate surface area is 173 Å². The second-order valence-corrected chi connectivity index (χ2v) is 5.23. The van der Waals surface area contributed by atoms with Crippen LogP contribution in [-0.4, -0.2) is 17.5 Å². The van der Waals surface area contributed by atoms with Crippen LogP contribution >= 0.6 is 0 Å². The maximum absolute atomic E-state index is 8.52. The average molecular weight is 332 g/mol. The fourth-order valence-electron chi connectivity index (χ4n) is 1.75. The Morgan fingerprint density at radius 1 is 0.857 bits per heavy atom. The standard InChI is InChI=1S/C14H22.2Na.H2O4S/c1-2-3-4-5-6-8-11-14-12-9-7-10-13-14;;;1-5(2,3)4/h7,9-10,12-13H,2-6,8,11H2,1H3;;;(H2,1,2,3,4)/q;2*+1;/p-2. The molecule has 0 radical (unpaired) electrons. The van der Waals surface area contributed by atoms with Crippen LogP contribution in [0, 0.1) is 0 Å². The third-order valence-electron chi connectivity index (χ3n) is 2.66. The molecule has 1 aromatic carbocycles. The Morgan fingerprint density at radius 3 is 1.76 bits per heavy atom. The SMILES string of the molecule is CCCCCCCCc1ccccc1.O=S(=O)([O-])[O-].[Na+].[Na+]. The summed E-state index contributed by atoms with van der Waals surface area (Å²) >= 11 is 0. The van der Waals surface area contributed by atoms with Crippen molar-refractivity contribution in [2.75, 3.05) is 0 Å². The molecule has 0 aliphatic heterocycles. The first-order valence-corrected chi connectivity index (χ1v) is 7.97. The fourth-order valence-corrected chi connectivity index (χ4v) is 1.75. The van der Waals surface area contributed by atoms with E-state index in [4.69, 9.17) is 17.5 Å². The van der Waals surface area contributed by atoms with Gasteiger partial charge in [0.25, 0.3) is 0 Å². The molecule has 0 aliphatic rings. The van der Waals surface area contributed by atoms with Gasteiger partial charge in [-0.15, -0.1) is 0 Å². The molecular formula is C14H22Na2O4S. The Bertz CT molecular complexity index is 402. The smallest absolute Gasteiger partial charge is 0.759 e. The van der Waals surface area contributed by atoms with Crippen molar-refractivity contribution >= 4 is 10.4 Å². The van der Waals surface area contributed by atoms with Crippen LogP contribution in [-0.2, 0) is 16.8 Å². The van der Waals surface area contributed by atoms with Gasteiger partial charge in [0.2, 0.25) is 0 Å². The van der Waals surface area contributed by atoms with Crippen molar-refractivity contribution in [2.45, 2.75) is 51.9 Å². The van der Waals surface area contributed by atoms with Gasteiger partial charge in [0.05, 0.1) is 0 Å². The first-order valence-electron chi connectivity index (χ1n) is 6.64. The van der Waals surface area contributed by atoms with Crippen LogP contribution in [0.1, 0.15) is 51.0 Å². The van der Waals surface area contributed by atoms with Crippen LogP contribution in [0.4, 0.5) is 0 Å². The van der Waals surface area contributed by atoms with Gasteiger partial charge in [0.15, 0.2) is 0 Å². The molecule has 7 heteroatoms. The summed E-state index contributed by atoms with van der Waals surface area (Å²) in [4.78, 5) is 0. The quantitative estimate of drug-likeness (QED) is 0.235. The van der Waals surface area contributed by atoms with Crippen molar-refractivity contribution in [1.82, 2.24) is 0 Å². The average Bonchev–Trinajstić information content (AvgIpc) is 2.33. The van der Waals surface area contributed by atoms with Crippen LogP contribution in [0.25, 0.3) is 0 Å². The zero-order valence-corrected chi connectivity index (χ0v) is 18.2. The van der Waals surface area contributed by atoms with Crippen LogP contribution in [0.15, 0.2) is 30.3 Å². The molecule has 0 saturated carbocycles. The molecule has 0 atom stereocenters. The second kappa shape index (κ2) is 17.4. The van der Waals surface area contributed by atoms with Gasteiger partial charge in [0, 0.05) is 10.4 Å². The van der Waals surface area contributed by atoms with Crippen LogP contribution in [0.5, 0.6) is 0 Å². The minimum absolute atomic E-state index is 0. The summed E-state index contributed by atoms with van der Waals surface area (Å²) in [5, 5.41) is 0. The number of benzene rings is 1. The van der Waals surface area contributed by atoms with Gasteiger partial charge in [-0.2, -0.15) is 0 Å². The topological polar surface area (TPSA) is 80.3 Å². The molecule has 0 aromatic heterocycles. The molecule has 21 heavy (non-hydrogen) atoms. The summed E-state index contributed by atoms with van der Waals surface area (Å²) < 4.78 is 34.1. The Morgan fingerprint density at radius 2 is 1.29 bits per heavy atom. The second-order valence-electron chi connectivity index (χ2n) is 4.41. The molecule has 0 aliphatic carbocycles. The number of aryl methyl sites for hydroxylation is 1. The molecule has 0 amide bonds. The normalized spacial score (nSPS) is 9.67. The molecule has 0 fully saturated rings. The minimum atomic E-state index is -5.17. The van der Waals surface area contributed by atoms with E-state index in [1.807, 2.05) is 0 Å². The predicted octanol–water partition coefficient (Wildman–Crippen LogP) is -2.74. The van der Waals surface area contributed by atoms with Gasteiger partial charge in [-0.3, -0.25) is 8.42 Å². The van der Waals surface area contributed by atoms with Crippen molar-refractivity contribution in [2.24, 2.45) is 0 Å². The molecule has 0 saturated heterocycles. The van der Waals surface area contributed by atoms with Gasteiger partial charge in [-0.25, -0.2) is 0 Å². The molecule has 4 nitrogen and oxygen atoms in total. The van der Waals surface area contributed by atoms with Crippen molar-refractivity contribution in [3.05, 3.63) is 35.9 Å². The van der Waals surface area contributed by atoms with Crippen LogP contribution < -0.4 is 59.1 Å². The van der Waals surface area contributed by atoms with E-state index in [1.165, 1.54) is 50.5 Å². The van der Waals surface area contributed by atoms with E-state index in [-0.39, 0.29) is 59.1 Å². The number of hydrogen-bond donors (Lipinski definition) is 0. The maximum Gasteiger partial charge on any atom is 1.00 e. The third-order valence-corrected chi connectivity index (χ3v) is 2.66. The molecule has 0 N–H and O–H groups in total. The van der Waals surface area contributed by atoms with E-state index < -0.39 is 10.4 Å². The van der Waals surface area contributed by atoms with Gasteiger partial charge < -0.3 is 9.11 Å². The van der Waals surface area contributed by atoms with Crippen LogP contribution in [0.3, 0.4) is 0 Å². The molecular weight excluding hydrogens is 310 g/mol. The molecule has 1 aromatic rings. The first-order chi connectivity index (χ1) is 8.93. The van der Waals surface area contributed by atoms with Crippen molar-refractivity contribution in [1.29, 1.82) is 0 Å². The zero-order chi connectivity index (χ0) is 14.6. The summed E-state index contributed by atoms with van der Waals surface area (Å²) in [5.41, 5.74) is 1.49. The van der Waals surface area contributed by atoms with Gasteiger partial charge in [-0.05, 0) is 18.4 Å². The minimum Gasteiger partial charge on any atom is -0.759 e. The van der Waals surface area contributed by atoms with Gasteiger partial charge in [0.1, 0.15) is 0 Å². The summed E-state index contributed by atoms with van der Waals surface area (Å²) in [6.45, 7) is 2.27. The van der Waals surface area contributed by atoms with E-state index >= 15 is 0 Å². The van der Waals surface area contributed by atoms with E-state index in [0.717, 1.165) is 0 Å². The van der Waals surface area contributed by atoms with E-state index in [1.54, 1.807) is 0 Å². The number of hydrogen-bond acceptors (Lipinski definition) is 4. The summed E-state index contributed by atoms with van der Waals surface area (Å²) in [7, 11) is -5.17.